The van der Waals surface area contributed by atoms with E-state index in [0.29, 0.717) is 58.8 Å². The zero-order chi connectivity index (χ0) is 29.6. The Morgan fingerprint density at radius 3 is 2.57 bits per heavy atom. The van der Waals surface area contributed by atoms with Gasteiger partial charge in [-0.05, 0) is 63.1 Å². The highest BCUT2D eigenvalue weighted by atomic mass is 35.5. The van der Waals surface area contributed by atoms with Gasteiger partial charge in [0.1, 0.15) is 23.2 Å². The number of halogens is 2. The molecule has 5 aromatic rings. The highest BCUT2D eigenvalue weighted by Gasteiger charge is 2.40. The summed E-state index contributed by atoms with van der Waals surface area (Å²) in [4.78, 5) is 6.11. The van der Waals surface area contributed by atoms with Gasteiger partial charge in [-0.15, -0.1) is 10.2 Å². The molecule has 1 saturated heterocycles. The van der Waals surface area contributed by atoms with Crippen LogP contribution >= 0.6 is 23.2 Å². The van der Waals surface area contributed by atoms with E-state index in [-0.39, 0.29) is 5.54 Å². The van der Waals surface area contributed by atoms with Crippen molar-refractivity contribution in [1.82, 2.24) is 35.2 Å². The van der Waals surface area contributed by atoms with Crippen LogP contribution in [0.15, 0.2) is 55.1 Å². The van der Waals surface area contributed by atoms with Crippen LogP contribution in [0.4, 0.5) is 5.82 Å². The maximum absolute atomic E-state index is 10.0. The average Bonchev–Trinajstić information content (AvgIpc) is 3.52. The summed E-state index contributed by atoms with van der Waals surface area (Å²) >= 11 is 12.6. The quantitative estimate of drug-likeness (QED) is 0.219. The number of pyridine rings is 1. The number of aliphatic hydroxyl groups is 1. The third-order valence-corrected chi connectivity index (χ3v) is 7.77. The first-order chi connectivity index (χ1) is 20.0. The molecule has 1 aromatic carbocycles. The Morgan fingerprint density at radius 2 is 1.88 bits per heavy atom. The van der Waals surface area contributed by atoms with E-state index in [2.05, 4.69) is 35.4 Å². The zero-order valence-corrected chi connectivity index (χ0v) is 24.9. The molecule has 0 saturated carbocycles. The number of nitrogens with two attached hydrogens (primary N) is 1. The van der Waals surface area contributed by atoms with Gasteiger partial charge in [0.15, 0.2) is 5.82 Å². The van der Waals surface area contributed by atoms with E-state index in [0.717, 1.165) is 22.3 Å². The number of nitrogens with zero attached hydrogens (tertiary/aromatic N) is 7. The SMILES string of the molecule is C[C@@H](Oc1ccc2[nH]nc(-c3ccc(N4CC(N)(Cc5cnn(CC(C)(C)O)c5)C4)nn3)c2c1)c1c(Cl)cncc1Cl. The predicted molar refractivity (Wildman–Crippen MR) is 162 cm³/mol. The first kappa shape index (κ1) is 28.4. The molecule has 218 valence electrons. The zero-order valence-electron chi connectivity index (χ0n) is 23.4. The molecule has 0 bridgehead atoms. The number of anilines is 1. The van der Waals surface area contributed by atoms with Crippen molar-refractivity contribution in [2.24, 2.45) is 5.73 Å². The van der Waals surface area contributed by atoms with Crippen molar-refractivity contribution in [2.45, 2.75) is 51.0 Å². The number of H-pyrrole nitrogens is 1. The second-order valence-corrected chi connectivity index (χ2v) is 12.4. The summed E-state index contributed by atoms with van der Waals surface area (Å²) in [6.07, 6.45) is 7.14. The van der Waals surface area contributed by atoms with Gasteiger partial charge in [-0.1, -0.05) is 23.2 Å². The molecule has 1 fully saturated rings. The molecule has 13 heteroatoms. The average molecular weight is 609 g/mol. The summed E-state index contributed by atoms with van der Waals surface area (Å²) in [5.74, 6) is 1.39. The number of hydrogen-bond acceptors (Lipinski definition) is 9. The molecule has 5 heterocycles. The maximum Gasteiger partial charge on any atom is 0.151 e. The van der Waals surface area contributed by atoms with Gasteiger partial charge in [0.2, 0.25) is 0 Å². The van der Waals surface area contributed by atoms with E-state index in [4.69, 9.17) is 33.7 Å². The summed E-state index contributed by atoms with van der Waals surface area (Å²) in [5.41, 5.74) is 9.29. The summed E-state index contributed by atoms with van der Waals surface area (Å²) in [5, 5.41) is 32.6. The summed E-state index contributed by atoms with van der Waals surface area (Å²) in [6.45, 7) is 7.12. The third kappa shape index (κ3) is 5.91. The van der Waals surface area contributed by atoms with Crippen molar-refractivity contribution in [3.63, 3.8) is 0 Å². The van der Waals surface area contributed by atoms with Crippen LogP contribution in [0.3, 0.4) is 0 Å². The molecule has 1 aliphatic rings. The molecule has 0 spiro atoms. The number of rotatable bonds is 9. The minimum Gasteiger partial charge on any atom is -0.486 e. The lowest BCUT2D eigenvalue weighted by molar-refractivity contribution is 0.0577. The molecule has 1 atom stereocenters. The van der Waals surface area contributed by atoms with Crippen LogP contribution in [-0.4, -0.2) is 64.5 Å². The van der Waals surface area contributed by atoms with E-state index in [9.17, 15) is 5.11 Å². The molecule has 4 N–H and O–H groups in total. The van der Waals surface area contributed by atoms with Crippen molar-refractivity contribution in [3.8, 4) is 17.1 Å². The summed E-state index contributed by atoms with van der Waals surface area (Å²) in [6, 6.07) is 9.51. The van der Waals surface area contributed by atoms with Crippen molar-refractivity contribution in [2.75, 3.05) is 18.0 Å². The van der Waals surface area contributed by atoms with Gasteiger partial charge < -0.3 is 20.5 Å². The fourth-order valence-electron chi connectivity index (χ4n) is 5.33. The highest BCUT2D eigenvalue weighted by molar-refractivity contribution is 6.35. The number of aromatic amines is 1. The second kappa shape index (κ2) is 10.8. The number of fused-ring (bicyclic) bond motifs is 1. The van der Waals surface area contributed by atoms with Gasteiger partial charge in [-0.2, -0.15) is 10.2 Å². The lowest BCUT2D eigenvalue weighted by Gasteiger charge is -2.48. The Bertz CT molecular complexity index is 1700. The number of ether oxygens (including phenoxy) is 1. The third-order valence-electron chi connectivity index (χ3n) is 7.16. The number of benzene rings is 1. The molecular formula is C29H31Cl2N9O2. The minimum absolute atomic E-state index is 0.389. The fraction of sp³-hybridized carbons (Fsp3) is 0.345. The van der Waals surface area contributed by atoms with Gasteiger partial charge in [0.25, 0.3) is 0 Å². The van der Waals surface area contributed by atoms with Gasteiger partial charge in [0, 0.05) is 42.6 Å². The van der Waals surface area contributed by atoms with Gasteiger partial charge >= 0.3 is 0 Å². The molecule has 1 aliphatic heterocycles. The second-order valence-electron chi connectivity index (χ2n) is 11.6. The fourth-order valence-corrected chi connectivity index (χ4v) is 6.00. The van der Waals surface area contributed by atoms with Crippen molar-refractivity contribution < 1.29 is 9.84 Å². The van der Waals surface area contributed by atoms with Gasteiger partial charge in [0.05, 0.1) is 39.4 Å². The molecule has 6 rings (SSSR count). The summed E-state index contributed by atoms with van der Waals surface area (Å²) < 4.78 is 7.93. The molecule has 11 nitrogen and oxygen atoms in total. The van der Waals surface area contributed by atoms with E-state index in [1.807, 2.05) is 49.6 Å². The Kier molecular flexibility index (Phi) is 7.30. The van der Waals surface area contributed by atoms with Crippen LogP contribution in [-0.2, 0) is 13.0 Å². The first-order valence-electron chi connectivity index (χ1n) is 13.5. The lowest BCUT2D eigenvalue weighted by Crippen LogP contribution is -2.68. The van der Waals surface area contributed by atoms with Crippen LogP contribution in [0.2, 0.25) is 10.0 Å². The lowest BCUT2D eigenvalue weighted by atomic mass is 9.85. The maximum atomic E-state index is 10.0. The molecule has 0 amide bonds. The topological polar surface area (TPSA) is 144 Å². The molecule has 4 aromatic heterocycles. The number of aromatic nitrogens is 7. The smallest absolute Gasteiger partial charge is 0.151 e. The van der Waals surface area contributed by atoms with Crippen LogP contribution in [0.5, 0.6) is 5.75 Å². The number of hydrogen-bond donors (Lipinski definition) is 3. The Morgan fingerprint density at radius 1 is 1.12 bits per heavy atom. The van der Waals surface area contributed by atoms with Gasteiger partial charge in [-0.3, -0.25) is 14.8 Å². The van der Waals surface area contributed by atoms with Crippen molar-refractivity contribution in [1.29, 1.82) is 0 Å². The normalized spacial score (nSPS) is 15.5. The largest absolute Gasteiger partial charge is 0.486 e. The molecule has 0 radical (unpaired) electrons. The van der Waals surface area contributed by atoms with Crippen LogP contribution < -0.4 is 15.4 Å². The Hall–Kier alpha value is -3.77. The Balaban J connectivity index is 1.12. The monoisotopic (exact) mass is 607 g/mol. The van der Waals surface area contributed by atoms with E-state index >= 15 is 0 Å². The number of nitrogens with one attached hydrogen (secondary N) is 1. The standard InChI is InChI=1S/C29H31Cl2N9O2/c1-17(26-21(30)11-33-12-22(26)31)42-19-4-5-23-20(8-19)27(38-35-23)24-6-7-25(37-36-24)39-15-29(32,16-39)9-18-10-34-40(13-18)14-28(2,3)41/h4-8,10-13,17,41H,9,14-16,32H2,1-3H3,(H,35,38)/t17-/m1/s1. The van der Waals surface area contributed by atoms with Crippen molar-refractivity contribution >= 4 is 39.9 Å². The Labute approximate surface area is 252 Å². The predicted octanol–water partition coefficient (Wildman–Crippen LogP) is 4.59. The first-order valence-corrected chi connectivity index (χ1v) is 14.3. The molecule has 0 unspecified atom stereocenters. The van der Waals surface area contributed by atoms with Crippen LogP contribution in [0.25, 0.3) is 22.3 Å². The van der Waals surface area contributed by atoms with E-state index < -0.39 is 11.7 Å². The van der Waals surface area contributed by atoms with Crippen LogP contribution in [0.1, 0.15) is 38.0 Å². The van der Waals surface area contributed by atoms with Crippen LogP contribution in [0, 0.1) is 0 Å². The van der Waals surface area contributed by atoms with E-state index in [1.165, 1.54) is 0 Å². The molecule has 42 heavy (non-hydrogen) atoms. The van der Waals surface area contributed by atoms with Gasteiger partial charge in [-0.25, -0.2) is 0 Å². The molecular weight excluding hydrogens is 577 g/mol. The minimum atomic E-state index is -0.831. The van der Waals surface area contributed by atoms with E-state index in [1.54, 1.807) is 30.9 Å². The summed E-state index contributed by atoms with van der Waals surface area (Å²) in [7, 11) is 0. The van der Waals surface area contributed by atoms with Crippen molar-refractivity contribution in [3.05, 3.63) is 76.3 Å². The molecule has 0 aliphatic carbocycles. The highest BCUT2D eigenvalue weighted by Crippen LogP contribution is 2.35.